The van der Waals surface area contributed by atoms with E-state index in [1.54, 1.807) is 4.90 Å². The molecular weight excluding hydrogens is 413 g/mol. The molecule has 2 aromatic rings. The summed E-state index contributed by atoms with van der Waals surface area (Å²) in [5.41, 5.74) is 5.05. The standard InChI is InChI=1S/C21H25F3N4O3/c1-31-17-15-12(19(29)26-20(30)28(15)11-4-5-11)7-14(22)16(17)27-8-10-3-2-6-21(23,24)18(25)13(10)9-27/h7,10-11,13,18H,2-6,8-9,25H2,1H3,(H,26,29,30). The Morgan fingerprint density at radius 1 is 1.23 bits per heavy atom. The average molecular weight is 438 g/mol. The zero-order chi connectivity index (χ0) is 22.1. The summed E-state index contributed by atoms with van der Waals surface area (Å²) in [5, 5.41) is 0.0289. The lowest BCUT2D eigenvalue weighted by Gasteiger charge is -2.28. The lowest BCUT2D eigenvalue weighted by Crippen LogP contribution is -2.47. The summed E-state index contributed by atoms with van der Waals surface area (Å²) >= 11 is 0. The molecule has 3 atom stereocenters. The molecule has 1 aromatic carbocycles. The van der Waals surface area contributed by atoms with Crippen molar-refractivity contribution in [1.29, 1.82) is 0 Å². The molecule has 7 nitrogen and oxygen atoms in total. The van der Waals surface area contributed by atoms with E-state index in [0.29, 0.717) is 19.4 Å². The highest BCUT2D eigenvalue weighted by atomic mass is 19.3. The van der Waals surface area contributed by atoms with Crippen molar-refractivity contribution in [3.63, 3.8) is 0 Å². The lowest BCUT2D eigenvalue weighted by molar-refractivity contribution is -0.0439. The largest absolute Gasteiger partial charge is 0.492 e. The molecule has 2 aliphatic carbocycles. The quantitative estimate of drug-likeness (QED) is 0.768. The summed E-state index contributed by atoms with van der Waals surface area (Å²) in [6.45, 7) is 0.529. The van der Waals surface area contributed by atoms with Gasteiger partial charge in [-0.25, -0.2) is 18.0 Å². The van der Waals surface area contributed by atoms with Gasteiger partial charge in [-0.15, -0.1) is 0 Å². The Bertz CT molecular complexity index is 1160. The van der Waals surface area contributed by atoms with Gasteiger partial charge in [-0.1, -0.05) is 0 Å². The smallest absolute Gasteiger partial charge is 0.329 e. The maximum atomic E-state index is 15.3. The number of H-pyrrole nitrogens is 1. The third-order valence-corrected chi connectivity index (χ3v) is 7.07. The van der Waals surface area contributed by atoms with E-state index >= 15 is 4.39 Å². The molecule has 3 fully saturated rings. The average Bonchev–Trinajstić information content (AvgIpc) is 3.47. The van der Waals surface area contributed by atoms with Gasteiger partial charge in [0, 0.05) is 31.5 Å². The van der Waals surface area contributed by atoms with E-state index in [-0.39, 0.29) is 47.3 Å². The second-order valence-corrected chi connectivity index (χ2v) is 9.00. The van der Waals surface area contributed by atoms with Gasteiger partial charge in [0.05, 0.1) is 18.5 Å². The van der Waals surface area contributed by atoms with Gasteiger partial charge in [0.1, 0.15) is 11.2 Å². The minimum atomic E-state index is -2.96. The van der Waals surface area contributed by atoms with Gasteiger partial charge >= 0.3 is 5.69 Å². The van der Waals surface area contributed by atoms with E-state index in [1.807, 2.05) is 0 Å². The van der Waals surface area contributed by atoms with Gasteiger partial charge < -0.3 is 15.4 Å². The number of anilines is 1. The number of ether oxygens (including phenoxy) is 1. The molecule has 1 aromatic heterocycles. The van der Waals surface area contributed by atoms with E-state index < -0.39 is 34.9 Å². The highest BCUT2D eigenvalue weighted by Crippen LogP contribution is 2.47. The van der Waals surface area contributed by atoms with Crippen molar-refractivity contribution in [3.8, 4) is 5.75 Å². The normalized spacial score (nSPS) is 27.9. The Morgan fingerprint density at radius 3 is 2.65 bits per heavy atom. The van der Waals surface area contributed by atoms with Crippen molar-refractivity contribution in [2.75, 3.05) is 25.1 Å². The molecular formula is C21H25F3N4O3. The molecule has 10 heteroatoms. The van der Waals surface area contributed by atoms with Gasteiger partial charge in [-0.3, -0.25) is 14.3 Å². The number of aromatic amines is 1. The van der Waals surface area contributed by atoms with Crippen LogP contribution in [0.4, 0.5) is 18.9 Å². The molecule has 1 saturated heterocycles. The Hall–Kier alpha value is -2.49. The highest BCUT2D eigenvalue weighted by Gasteiger charge is 2.50. The van der Waals surface area contributed by atoms with Crippen molar-refractivity contribution in [2.24, 2.45) is 17.6 Å². The van der Waals surface area contributed by atoms with Crippen LogP contribution in [0.25, 0.3) is 10.9 Å². The summed E-state index contributed by atoms with van der Waals surface area (Å²) < 4.78 is 51.1. The predicted octanol–water partition coefficient (Wildman–Crippen LogP) is 2.37. The number of halogens is 3. The van der Waals surface area contributed by atoms with Gasteiger partial charge in [0.2, 0.25) is 0 Å². The Labute approximate surface area is 176 Å². The topological polar surface area (TPSA) is 93.3 Å². The Balaban J connectivity index is 1.66. The summed E-state index contributed by atoms with van der Waals surface area (Å²) in [4.78, 5) is 28.9. The SMILES string of the molecule is COc1c(N2CC3CCCC(F)(F)C(N)C3C2)c(F)cc2c(=O)[nH]c(=O)n(C3CC3)c12. The third kappa shape index (κ3) is 3.14. The molecule has 3 N–H and O–H groups in total. The molecule has 0 amide bonds. The van der Waals surface area contributed by atoms with Gasteiger partial charge in [0.15, 0.2) is 11.6 Å². The summed E-state index contributed by atoms with van der Waals surface area (Å²) in [6.07, 6.45) is 2.27. The van der Waals surface area contributed by atoms with Crippen molar-refractivity contribution in [2.45, 2.75) is 50.1 Å². The zero-order valence-corrected chi connectivity index (χ0v) is 17.2. The Kier molecular flexibility index (Phi) is 4.62. The first kappa shape index (κ1) is 20.4. The maximum Gasteiger partial charge on any atom is 0.329 e. The van der Waals surface area contributed by atoms with Crippen LogP contribution in [0, 0.1) is 17.7 Å². The van der Waals surface area contributed by atoms with Gasteiger partial charge in [0.25, 0.3) is 11.5 Å². The van der Waals surface area contributed by atoms with Crippen LogP contribution < -0.4 is 26.6 Å². The summed E-state index contributed by atoms with van der Waals surface area (Å²) in [6, 6.07) is -0.282. The number of nitrogens with one attached hydrogen (secondary N) is 1. The number of nitrogens with two attached hydrogens (primary N) is 1. The first-order chi connectivity index (χ1) is 14.7. The van der Waals surface area contributed by atoms with Gasteiger partial charge in [-0.05, 0) is 37.7 Å². The number of hydrogen-bond donors (Lipinski definition) is 2. The summed E-state index contributed by atoms with van der Waals surface area (Å²) in [7, 11) is 1.36. The number of rotatable bonds is 3. The first-order valence-electron chi connectivity index (χ1n) is 10.7. The third-order valence-electron chi connectivity index (χ3n) is 7.07. The van der Waals surface area contributed by atoms with Crippen LogP contribution in [0.15, 0.2) is 15.7 Å². The monoisotopic (exact) mass is 438 g/mol. The number of fused-ring (bicyclic) bond motifs is 2. The Morgan fingerprint density at radius 2 is 1.97 bits per heavy atom. The zero-order valence-electron chi connectivity index (χ0n) is 17.2. The molecule has 3 aliphatic rings. The van der Waals surface area contributed by atoms with Crippen molar-refractivity contribution >= 4 is 16.6 Å². The molecule has 2 heterocycles. The van der Waals surface area contributed by atoms with E-state index in [4.69, 9.17) is 10.5 Å². The van der Waals surface area contributed by atoms with E-state index in [1.165, 1.54) is 11.7 Å². The number of benzene rings is 1. The number of nitrogens with zero attached hydrogens (tertiary/aromatic N) is 2. The molecule has 2 saturated carbocycles. The minimum absolute atomic E-state index is 0.0289. The second-order valence-electron chi connectivity index (χ2n) is 9.00. The predicted molar refractivity (Wildman–Crippen MR) is 110 cm³/mol. The highest BCUT2D eigenvalue weighted by molar-refractivity contribution is 5.91. The minimum Gasteiger partial charge on any atom is -0.492 e. The van der Waals surface area contributed by atoms with Crippen LogP contribution in [0.2, 0.25) is 0 Å². The van der Waals surface area contributed by atoms with Crippen LogP contribution in [-0.4, -0.2) is 41.7 Å². The summed E-state index contributed by atoms with van der Waals surface area (Å²) in [5.74, 6) is -4.13. The van der Waals surface area contributed by atoms with Crippen molar-refractivity contribution < 1.29 is 17.9 Å². The van der Waals surface area contributed by atoms with Crippen molar-refractivity contribution in [1.82, 2.24) is 9.55 Å². The van der Waals surface area contributed by atoms with Crippen LogP contribution in [0.1, 0.15) is 38.1 Å². The second kappa shape index (κ2) is 7.01. The molecule has 0 bridgehead atoms. The number of methoxy groups -OCH3 is 1. The molecule has 5 rings (SSSR count). The number of aromatic nitrogens is 2. The van der Waals surface area contributed by atoms with E-state index in [0.717, 1.165) is 18.9 Å². The number of hydrogen-bond acceptors (Lipinski definition) is 5. The van der Waals surface area contributed by atoms with Crippen LogP contribution in [0.5, 0.6) is 5.75 Å². The van der Waals surface area contributed by atoms with Crippen LogP contribution in [0.3, 0.4) is 0 Å². The molecule has 1 aliphatic heterocycles. The molecule has 168 valence electrons. The van der Waals surface area contributed by atoms with E-state index in [2.05, 4.69) is 4.98 Å². The van der Waals surface area contributed by atoms with E-state index in [9.17, 15) is 18.4 Å². The molecule has 3 unspecified atom stereocenters. The van der Waals surface area contributed by atoms with Crippen LogP contribution in [-0.2, 0) is 0 Å². The van der Waals surface area contributed by atoms with Crippen molar-refractivity contribution in [3.05, 3.63) is 32.7 Å². The number of alkyl halides is 2. The maximum absolute atomic E-state index is 15.3. The fourth-order valence-electron chi connectivity index (χ4n) is 5.39. The molecule has 31 heavy (non-hydrogen) atoms. The first-order valence-corrected chi connectivity index (χ1v) is 10.7. The lowest BCUT2D eigenvalue weighted by atomic mass is 9.87. The fraction of sp³-hybridized carbons (Fsp3) is 0.619. The molecule has 0 spiro atoms. The van der Waals surface area contributed by atoms with Gasteiger partial charge in [-0.2, -0.15) is 0 Å². The fourth-order valence-corrected chi connectivity index (χ4v) is 5.39. The molecule has 0 radical (unpaired) electrons. The van der Waals surface area contributed by atoms with Crippen LogP contribution >= 0.6 is 0 Å².